The molecule has 0 aliphatic carbocycles. The maximum Gasteiger partial charge on any atom is 0.272 e. The third-order valence-electron chi connectivity index (χ3n) is 3.21. The molecule has 2 N–H and O–H groups in total. The highest BCUT2D eigenvalue weighted by Crippen LogP contribution is 2.17. The van der Waals surface area contributed by atoms with Crippen molar-refractivity contribution in [2.24, 2.45) is 5.73 Å². The van der Waals surface area contributed by atoms with E-state index in [-0.39, 0.29) is 18.3 Å². The number of halogens is 1. The molecule has 0 fully saturated rings. The number of benzene rings is 1. The van der Waals surface area contributed by atoms with Crippen molar-refractivity contribution in [2.45, 2.75) is 32.4 Å². The summed E-state index contributed by atoms with van der Waals surface area (Å²) in [5.41, 5.74) is 7.11. The third-order valence-corrected chi connectivity index (χ3v) is 3.21. The van der Waals surface area contributed by atoms with E-state index < -0.39 is 10.7 Å². The molecule has 21 heavy (non-hydrogen) atoms. The van der Waals surface area contributed by atoms with Crippen LogP contribution in [0.15, 0.2) is 30.6 Å². The first-order valence-electron chi connectivity index (χ1n) is 6.68. The van der Waals surface area contributed by atoms with Crippen molar-refractivity contribution in [3.05, 3.63) is 57.7 Å². The van der Waals surface area contributed by atoms with E-state index in [0.29, 0.717) is 5.56 Å². The number of nitro benzene ring substituents is 1. The first kappa shape index (κ1) is 15.1. The normalized spacial score (nSPS) is 12.3. The van der Waals surface area contributed by atoms with E-state index in [1.165, 1.54) is 12.1 Å². The molecular weight excluding hydrogens is 275 g/mol. The van der Waals surface area contributed by atoms with E-state index >= 15 is 0 Å². The van der Waals surface area contributed by atoms with Crippen LogP contribution in [-0.4, -0.2) is 20.7 Å². The highest BCUT2D eigenvalue weighted by Gasteiger charge is 2.11. The molecule has 0 radical (unpaired) electrons. The fraction of sp³-hybridized carbons (Fsp3) is 0.357. The number of aromatic nitrogens is 2. The predicted molar refractivity (Wildman–Crippen MR) is 76.4 cm³/mol. The standard InChI is InChI=1S/C14H17FN4O2/c1-2-13(16)4-11-7-17-18(9-11)8-10-3-12(15)6-14(5-10)19(20)21/h3,5-7,9,13H,2,4,8,16H2,1H3. The van der Waals surface area contributed by atoms with Gasteiger partial charge in [-0.05, 0) is 30.0 Å². The van der Waals surface area contributed by atoms with Crippen molar-refractivity contribution in [1.82, 2.24) is 9.78 Å². The largest absolute Gasteiger partial charge is 0.327 e. The first-order valence-corrected chi connectivity index (χ1v) is 6.68. The van der Waals surface area contributed by atoms with Gasteiger partial charge in [-0.25, -0.2) is 4.39 Å². The summed E-state index contributed by atoms with van der Waals surface area (Å²) in [5.74, 6) is -0.625. The Labute approximate surface area is 121 Å². The molecule has 0 spiro atoms. The van der Waals surface area contributed by atoms with E-state index in [1.807, 2.05) is 13.1 Å². The Morgan fingerprint density at radius 1 is 1.43 bits per heavy atom. The molecule has 0 bridgehead atoms. The van der Waals surface area contributed by atoms with Crippen LogP contribution in [0.25, 0.3) is 0 Å². The zero-order chi connectivity index (χ0) is 15.4. The van der Waals surface area contributed by atoms with Gasteiger partial charge in [0.15, 0.2) is 0 Å². The molecule has 6 nitrogen and oxygen atoms in total. The van der Waals surface area contributed by atoms with E-state index in [0.717, 1.165) is 24.5 Å². The van der Waals surface area contributed by atoms with Crippen LogP contribution >= 0.6 is 0 Å². The van der Waals surface area contributed by atoms with Gasteiger partial charge in [0.25, 0.3) is 5.69 Å². The maximum absolute atomic E-state index is 13.4. The van der Waals surface area contributed by atoms with Gasteiger partial charge in [0, 0.05) is 18.3 Å². The minimum atomic E-state index is -0.625. The minimum Gasteiger partial charge on any atom is -0.327 e. The van der Waals surface area contributed by atoms with Crippen molar-refractivity contribution in [3.8, 4) is 0 Å². The van der Waals surface area contributed by atoms with Crippen molar-refractivity contribution in [3.63, 3.8) is 0 Å². The summed E-state index contributed by atoms with van der Waals surface area (Å²) in [6, 6.07) is 3.60. The molecule has 0 amide bonds. The van der Waals surface area contributed by atoms with Crippen LogP contribution in [0.4, 0.5) is 10.1 Å². The van der Waals surface area contributed by atoms with Crippen LogP contribution < -0.4 is 5.73 Å². The van der Waals surface area contributed by atoms with Crippen LogP contribution in [0, 0.1) is 15.9 Å². The molecule has 7 heteroatoms. The molecule has 0 saturated heterocycles. The molecule has 2 rings (SSSR count). The summed E-state index contributed by atoms with van der Waals surface area (Å²) < 4.78 is 15.0. The highest BCUT2D eigenvalue weighted by atomic mass is 19.1. The van der Waals surface area contributed by atoms with Gasteiger partial charge >= 0.3 is 0 Å². The second-order valence-corrected chi connectivity index (χ2v) is 4.99. The van der Waals surface area contributed by atoms with Crippen LogP contribution in [0.5, 0.6) is 0 Å². The molecule has 1 aromatic carbocycles. The lowest BCUT2D eigenvalue weighted by Crippen LogP contribution is -2.21. The summed E-state index contributed by atoms with van der Waals surface area (Å²) in [5, 5.41) is 14.9. The fourth-order valence-electron chi connectivity index (χ4n) is 2.06. The van der Waals surface area contributed by atoms with Gasteiger partial charge in [0.1, 0.15) is 5.82 Å². The lowest BCUT2D eigenvalue weighted by molar-refractivity contribution is -0.385. The number of nitrogens with two attached hydrogens (primary N) is 1. The highest BCUT2D eigenvalue weighted by molar-refractivity contribution is 5.35. The number of nitro groups is 1. The number of rotatable bonds is 6. The summed E-state index contributed by atoms with van der Waals surface area (Å²) >= 11 is 0. The molecule has 1 aromatic heterocycles. The number of hydrogen-bond donors (Lipinski definition) is 1. The molecular formula is C14H17FN4O2. The van der Waals surface area contributed by atoms with E-state index in [1.54, 1.807) is 10.9 Å². The Hall–Kier alpha value is -2.28. The summed E-state index contributed by atoms with van der Waals surface area (Å²) in [4.78, 5) is 10.1. The quantitative estimate of drug-likeness (QED) is 0.653. The molecule has 0 aliphatic heterocycles. The molecule has 0 saturated carbocycles. The minimum absolute atomic E-state index is 0.0814. The number of nitrogens with zero attached hydrogens (tertiary/aromatic N) is 3. The average Bonchev–Trinajstić information content (AvgIpc) is 2.85. The topological polar surface area (TPSA) is 87.0 Å². The summed E-state index contributed by atoms with van der Waals surface area (Å²) in [6.07, 6.45) is 5.14. The Bertz CT molecular complexity index is 642. The van der Waals surface area contributed by atoms with Gasteiger partial charge in [-0.1, -0.05) is 6.92 Å². The Morgan fingerprint density at radius 2 is 2.19 bits per heavy atom. The summed E-state index contributed by atoms with van der Waals surface area (Å²) in [6.45, 7) is 2.29. The Balaban J connectivity index is 2.13. The van der Waals surface area contributed by atoms with Gasteiger partial charge in [-0.2, -0.15) is 5.10 Å². The molecule has 2 aromatic rings. The van der Waals surface area contributed by atoms with Crippen molar-refractivity contribution < 1.29 is 9.31 Å². The predicted octanol–water partition coefficient (Wildman–Crippen LogP) is 2.26. The van der Waals surface area contributed by atoms with Gasteiger partial charge < -0.3 is 5.73 Å². The lowest BCUT2D eigenvalue weighted by atomic mass is 10.1. The third kappa shape index (κ3) is 4.09. The monoisotopic (exact) mass is 292 g/mol. The Morgan fingerprint density at radius 3 is 2.86 bits per heavy atom. The van der Waals surface area contributed by atoms with Gasteiger partial charge in [0.2, 0.25) is 0 Å². The van der Waals surface area contributed by atoms with Crippen LogP contribution in [0.1, 0.15) is 24.5 Å². The number of non-ortho nitro benzene ring substituents is 1. The van der Waals surface area contributed by atoms with E-state index in [9.17, 15) is 14.5 Å². The first-order chi connectivity index (χ1) is 9.97. The second kappa shape index (κ2) is 6.45. The van der Waals surface area contributed by atoms with E-state index in [4.69, 9.17) is 5.73 Å². The average molecular weight is 292 g/mol. The molecule has 1 atom stereocenters. The van der Waals surface area contributed by atoms with Gasteiger partial charge in [-0.3, -0.25) is 14.8 Å². The Kier molecular flexibility index (Phi) is 4.64. The smallest absolute Gasteiger partial charge is 0.272 e. The van der Waals surface area contributed by atoms with Crippen LogP contribution in [0.2, 0.25) is 0 Å². The van der Waals surface area contributed by atoms with Crippen molar-refractivity contribution >= 4 is 5.69 Å². The van der Waals surface area contributed by atoms with Gasteiger partial charge in [-0.15, -0.1) is 0 Å². The number of hydrogen-bond acceptors (Lipinski definition) is 4. The second-order valence-electron chi connectivity index (χ2n) is 4.99. The zero-order valence-corrected chi connectivity index (χ0v) is 11.7. The van der Waals surface area contributed by atoms with Crippen LogP contribution in [0.3, 0.4) is 0 Å². The fourth-order valence-corrected chi connectivity index (χ4v) is 2.06. The molecule has 112 valence electrons. The molecule has 1 heterocycles. The molecule has 1 unspecified atom stereocenters. The van der Waals surface area contributed by atoms with Crippen LogP contribution in [-0.2, 0) is 13.0 Å². The van der Waals surface area contributed by atoms with Crippen molar-refractivity contribution in [2.75, 3.05) is 0 Å². The molecule has 0 aliphatic rings. The lowest BCUT2D eigenvalue weighted by Gasteiger charge is -2.05. The zero-order valence-electron chi connectivity index (χ0n) is 11.7. The van der Waals surface area contributed by atoms with Gasteiger partial charge in [0.05, 0.1) is 23.7 Å². The maximum atomic E-state index is 13.4. The van der Waals surface area contributed by atoms with E-state index in [2.05, 4.69) is 5.10 Å². The van der Waals surface area contributed by atoms with Crippen molar-refractivity contribution in [1.29, 1.82) is 0 Å². The summed E-state index contributed by atoms with van der Waals surface area (Å²) in [7, 11) is 0. The SMILES string of the molecule is CCC(N)Cc1cnn(Cc2cc(F)cc([N+](=O)[O-])c2)c1.